The number of hydrogen-bond donors (Lipinski definition) is 1. The average molecular weight is 258 g/mol. The Kier molecular flexibility index (Phi) is 6.61. The second-order valence-electron chi connectivity index (χ2n) is 3.38. The van der Waals surface area contributed by atoms with Gasteiger partial charge in [-0.3, -0.25) is 5.32 Å². The summed E-state index contributed by atoms with van der Waals surface area (Å²) in [5.74, 6) is 0. The van der Waals surface area contributed by atoms with Gasteiger partial charge >= 0.3 is 6.03 Å². The van der Waals surface area contributed by atoms with Gasteiger partial charge in [-0.2, -0.15) is 0 Å². The van der Waals surface area contributed by atoms with Gasteiger partial charge in [-0.15, -0.1) is 11.3 Å². The second kappa shape index (κ2) is 8.05. The van der Waals surface area contributed by atoms with Gasteiger partial charge in [0.1, 0.15) is 0 Å². The molecular formula is C11H18N2O3S. The summed E-state index contributed by atoms with van der Waals surface area (Å²) in [5.41, 5.74) is 0. The lowest BCUT2D eigenvalue weighted by molar-refractivity contribution is 0.127. The van der Waals surface area contributed by atoms with Crippen molar-refractivity contribution in [1.29, 1.82) is 0 Å². The highest BCUT2D eigenvalue weighted by atomic mass is 32.1. The topological polar surface area (TPSA) is 50.8 Å². The molecule has 2 amide bonds. The zero-order valence-corrected chi connectivity index (χ0v) is 11.0. The van der Waals surface area contributed by atoms with Crippen molar-refractivity contribution in [1.82, 2.24) is 4.90 Å². The summed E-state index contributed by atoms with van der Waals surface area (Å²) < 4.78 is 9.96. The minimum atomic E-state index is -0.124. The van der Waals surface area contributed by atoms with Crippen LogP contribution < -0.4 is 5.32 Å². The largest absolute Gasteiger partial charge is 0.383 e. The van der Waals surface area contributed by atoms with Crippen molar-refractivity contribution in [3.05, 3.63) is 17.5 Å². The van der Waals surface area contributed by atoms with Crippen LogP contribution in [0.5, 0.6) is 0 Å². The zero-order valence-electron chi connectivity index (χ0n) is 10.1. The number of rotatable bonds is 7. The number of hydrogen-bond acceptors (Lipinski definition) is 4. The van der Waals surface area contributed by atoms with Gasteiger partial charge in [0, 0.05) is 27.3 Å². The highest BCUT2D eigenvalue weighted by Gasteiger charge is 2.13. The van der Waals surface area contributed by atoms with E-state index in [2.05, 4.69) is 5.32 Å². The van der Waals surface area contributed by atoms with Crippen LogP contribution in [0.15, 0.2) is 17.5 Å². The van der Waals surface area contributed by atoms with Crippen molar-refractivity contribution < 1.29 is 14.3 Å². The molecule has 1 rings (SSSR count). The molecule has 6 heteroatoms. The van der Waals surface area contributed by atoms with Crippen molar-refractivity contribution >= 4 is 22.4 Å². The molecule has 0 aliphatic rings. The van der Waals surface area contributed by atoms with Crippen LogP contribution in [0.2, 0.25) is 0 Å². The first-order valence-electron chi connectivity index (χ1n) is 5.35. The summed E-state index contributed by atoms with van der Waals surface area (Å²) in [5, 5.41) is 5.60. The molecule has 0 unspecified atom stereocenters. The van der Waals surface area contributed by atoms with Gasteiger partial charge < -0.3 is 14.4 Å². The Bertz CT molecular complexity index is 309. The molecule has 1 aromatic rings. The summed E-state index contributed by atoms with van der Waals surface area (Å²) in [7, 11) is 3.23. The summed E-state index contributed by atoms with van der Waals surface area (Å²) >= 11 is 1.50. The minimum Gasteiger partial charge on any atom is -0.383 e. The Morgan fingerprint density at radius 1 is 1.35 bits per heavy atom. The number of nitrogens with zero attached hydrogens (tertiary/aromatic N) is 1. The Balaban J connectivity index is 2.46. The maximum atomic E-state index is 11.9. The number of urea groups is 1. The third-order valence-corrected chi connectivity index (χ3v) is 2.95. The van der Waals surface area contributed by atoms with E-state index < -0.39 is 0 Å². The molecule has 96 valence electrons. The molecule has 1 aromatic heterocycles. The molecular weight excluding hydrogens is 240 g/mol. The molecule has 0 spiro atoms. The van der Waals surface area contributed by atoms with Crippen LogP contribution in [0.3, 0.4) is 0 Å². The Morgan fingerprint density at radius 2 is 2.00 bits per heavy atom. The Hall–Kier alpha value is -1.11. The third-order valence-electron chi connectivity index (χ3n) is 2.17. The summed E-state index contributed by atoms with van der Waals surface area (Å²) in [6.07, 6.45) is 0. The Morgan fingerprint density at radius 3 is 2.47 bits per heavy atom. The third kappa shape index (κ3) is 5.16. The van der Waals surface area contributed by atoms with E-state index in [4.69, 9.17) is 9.47 Å². The van der Waals surface area contributed by atoms with Gasteiger partial charge in [-0.05, 0) is 17.5 Å². The fraction of sp³-hybridized carbons (Fsp3) is 0.545. The van der Waals surface area contributed by atoms with Crippen LogP contribution in [0.1, 0.15) is 0 Å². The van der Waals surface area contributed by atoms with E-state index in [1.54, 1.807) is 19.1 Å². The number of amides is 2. The van der Waals surface area contributed by atoms with Gasteiger partial charge in [0.15, 0.2) is 0 Å². The number of anilines is 1. The lowest BCUT2D eigenvalue weighted by Crippen LogP contribution is -2.39. The van der Waals surface area contributed by atoms with Crippen LogP contribution in [-0.2, 0) is 9.47 Å². The standard InChI is InChI=1S/C11H18N2O3S/c1-15-7-5-13(6-8-16-2)11(14)12-10-4-3-9-17-10/h3-4,9H,5-8H2,1-2H3,(H,12,14). The lowest BCUT2D eigenvalue weighted by atomic mass is 10.5. The van der Waals surface area contributed by atoms with E-state index in [1.165, 1.54) is 11.3 Å². The molecule has 0 aliphatic heterocycles. The first-order chi connectivity index (χ1) is 8.27. The number of carbonyl (C=O) groups is 1. The summed E-state index contributed by atoms with van der Waals surface area (Å²) in [6, 6.07) is 3.64. The Labute approximate surface area is 105 Å². The molecule has 0 bridgehead atoms. The van der Waals surface area contributed by atoms with E-state index >= 15 is 0 Å². The number of thiophene rings is 1. The average Bonchev–Trinajstić information content (AvgIpc) is 2.82. The predicted octanol–water partition coefficient (Wildman–Crippen LogP) is 1.87. The summed E-state index contributed by atoms with van der Waals surface area (Å²) in [6.45, 7) is 2.14. The van der Waals surface area contributed by atoms with E-state index in [9.17, 15) is 4.79 Å². The maximum Gasteiger partial charge on any atom is 0.322 e. The number of ether oxygens (including phenoxy) is 2. The van der Waals surface area contributed by atoms with Gasteiger partial charge in [-0.1, -0.05) is 0 Å². The monoisotopic (exact) mass is 258 g/mol. The fourth-order valence-electron chi connectivity index (χ4n) is 1.25. The predicted molar refractivity (Wildman–Crippen MR) is 68.7 cm³/mol. The minimum absolute atomic E-state index is 0.124. The lowest BCUT2D eigenvalue weighted by Gasteiger charge is -2.21. The van der Waals surface area contributed by atoms with Crippen molar-refractivity contribution in [2.75, 3.05) is 45.8 Å². The van der Waals surface area contributed by atoms with Crippen molar-refractivity contribution in [3.63, 3.8) is 0 Å². The number of methoxy groups -OCH3 is 2. The van der Waals surface area contributed by atoms with Crippen LogP contribution in [0.4, 0.5) is 9.80 Å². The molecule has 17 heavy (non-hydrogen) atoms. The van der Waals surface area contributed by atoms with Crippen LogP contribution in [0, 0.1) is 0 Å². The van der Waals surface area contributed by atoms with Gasteiger partial charge in [0.25, 0.3) is 0 Å². The van der Waals surface area contributed by atoms with Crippen LogP contribution in [-0.4, -0.2) is 51.5 Å². The van der Waals surface area contributed by atoms with Crippen molar-refractivity contribution in [3.8, 4) is 0 Å². The van der Waals surface area contributed by atoms with Crippen LogP contribution >= 0.6 is 11.3 Å². The van der Waals surface area contributed by atoms with Gasteiger partial charge in [0.05, 0.1) is 18.2 Å². The first-order valence-corrected chi connectivity index (χ1v) is 6.23. The highest BCUT2D eigenvalue weighted by Crippen LogP contribution is 2.15. The van der Waals surface area contributed by atoms with E-state index in [-0.39, 0.29) is 6.03 Å². The molecule has 0 aromatic carbocycles. The van der Waals surface area contributed by atoms with Gasteiger partial charge in [0.2, 0.25) is 0 Å². The van der Waals surface area contributed by atoms with E-state index in [0.717, 1.165) is 5.00 Å². The van der Waals surface area contributed by atoms with E-state index in [0.29, 0.717) is 26.3 Å². The van der Waals surface area contributed by atoms with Crippen molar-refractivity contribution in [2.45, 2.75) is 0 Å². The maximum absolute atomic E-state index is 11.9. The molecule has 1 N–H and O–H groups in total. The molecule has 0 saturated heterocycles. The van der Waals surface area contributed by atoms with Crippen molar-refractivity contribution in [2.24, 2.45) is 0 Å². The molecule has 0 aliphatic carbocycles. The molecule has 1 heterocycles. The normalized spacial score (nSPS) is 10.2. The quantitative estimate of drug-likeness (QED) is 0.812. The fourth-order valence-corrected chi connectivity index (χ4v) is 1.86. The van der Waals surface area contributed by atoms with E-state index in [1.807, 2.05) is 17.5 Å². The van der Waals surface area contributed by atoms with Crippen LogP contribution in [0.25, 0.3) is 0 Å². The zero-order chi connectivity index (χ0) is 12.5. The smallest absolute Gasteiger partial charge is 0.322 e. The molecule has 0 atom stereocenters. The van der Waals surface area contributed by atoms with Gasteiger partial charge in [-0.25, -0.2) is 4.79 Å². The molecule has 5 nitrogen and oxygen atoms in total. The molecule has 0 radical (unpaired) electrons. The highest BCUT2D eigenvalue weighted by molar-refractivity contribution is 7.14. The number of nitrogens with one attached hydrogen (secondary N) is 1. The first kappa shape index (κ1) is 14.0. The second-order valence-corrected chi connectivity index (χ2v) is 4.33. The molecule has 0 fully saturated rings. The number of carbonyl (C=O) groups excluding carboxylic acids is 1. The summed E-state index contributed by atoms with van der Waals surface area (Å²) in [4.78, 5) is 13.6. The molecule has 0 saturated carbocycles. The SMILES string of the molecule is COCCN(CCOC)C(=O)Nc1cccs1.